The molecule has 112 valence electrons. The van der Waals surface area contributed by atoms with Crippen molar-refractivity contribution in [2.24, 2.45) is 18.2 Å². The Hall–Kier alpha value is -1.36. The van der Waals surface area contributed by atoms with Gasteiger partial charge in [0.05, 0.1) is 6.20 Å². The number of aryl methyl sites for hydroxylation is 1. The average Bonchev–Trinajstić information content (AvgIpc) is 2.77. The summed E-state index contributed by atoms with van der Waals surface area (Å²) in [5.74, 6) is 0.112. The molecule has 1 aliphatic carbocycles. The largest absolute Gasteiger partial charge is 0.352 e. The van der Waals surface area contributed by atoms with Crippen molar-refractivity contribution >= 4 is 5.91 Å². The van der Waals surface area contributed by atoms with Crippen molar-refractivity contribution in [1.82, 2.24) is 15.1 Å². The third-order valence-electron chi connectivity index (χ3n) is 4.70. The van der Waals surface area contributed by atoms with E-state index in [2.05, 4.69) is 10.4 Å². The van der Waals surface area contributed by atoms with Crippen LogP contribution in [0.25, 0.3) is 0 Å². The van der Waals surface area contributed by atoms with Gasteiger partial charge in [0, 0.05) is 31.3 Å². The number of carbonyl (C=O) groups is 1. The van der Waals surface area contributed by atoms with E-state index in [1.54, 1.807) is 0 Å². The summed E-state index contributed by atoms with van der Waals surface area (Å²) in [4.78, 5) is 12.2. The number of nitrogens with two attached hydrogens (primary N) is 1. The molecule has 5 heteroatoms. The Morgan fingerprint density at radius 2 is 2.15 bits per heavy atom. The maximum absolute atomic E-state index is 12.2. The van der Waals surface area contributed by atoms with Gasteiger partial charge in [-0.25, -0.2) is 0 Å². The lowest BCUT2D eigenvalue weighted by Gasteiger charge is -2.35. The molecule has 3 N–H and O–H groups in total. The van der Waals surface area contributed by atoms with E-state index in [0.717, 1.165) is 24.1 Å². The molecule has 0 radical (unpaired) electrons. The second kappa shape index (κ2) is 6.39. The van der Waals surface area contributed by atoms with Crippen LogP contribution in [-0.2, 0) is 18.4 Å². The molecule has 0 atom stereocenters. The minimum Gasteiger partial charge on any atom is -0.352 e. The third kappa shape index (κ3) is 3.39. The van der Waals surface area contributed by atoms with Crippen LogP contribution in [0.1, 0.15) is 49.8 Å². The number of hydrogen-bond acceptors (Lipinski definition) is 3. The summed E-state index contributed by atoms with van der Waals surface area (Å²) in [6, 6.07) is 0. The summed E-state index contributed by atoms with van der Waals surface area (Å²) in [5, 5.41) is 7.20. The standard InChI is InChI=1S/C15H26N4O/c1-12-13(10-18-19(12)2)9-17-14(20)8-15(11-16)6-4-3-5-7-15/h10H,3-9,11,16H2,1-2H3,(H,17,20). The highest BCUT2D eigenvalue weighted by Crippen LogP contribution is 2.38. The van der Waals surface area contributed by atoms with Crippen molar-refractivity contribution < 1.29 is 4.79 Å². The molecule has 1 saturated carbocycles. The van der Waals surface area contributed by atoms with Gasteiger partial charge in [-0.05, 0) is 31.7 Å². The monoisotopic (exact) mass is 278 g/mol. The maximum atomic E-state index is 12.2. The fraction of sp³-hybridized carbons (Fsp3) is 0.733. The van der Waals surface area contributed by atoms with Crippen LogP contribution in [0.2, 0.25) is 0 Å². The summed E-state index contributed by atoms with van der Waals surface area (Å²) < 4.78 is 1.82. The Morgan fingerprint density at radius 3 is 2.70 bits per heavy atom. The predicted molar refractivity (Wildman–Crippen MR) is 79.0 cm³/mol. The van der Waals surface area contributed by atoms with E-state index in [1.807, 2.05) is 24.9 Å². The summed E-state index contributed by atoms with van der Waals surface area (Å²) >= 11 is 0. The van der Waals surface area contributed by atoms with E-state index in [1.165, 1.54) is 19.3 Å². The zero-order valence-electron chi connectivity index (χ0n) is 12.6. The summed E-state index contributed by atoms with van der Waals surface area (Å²) in [7, 11) is 1.91. The number of carbonyl (C=O) groups excluding carboxylic acids is 1. The molecule has 20 heavy (non-hydrogen) atoms. The Balaban J connectivity index is 1.87. The van der Waals surface area contributed by atoms with E-state index in [-0.39, 0.29) is 11.3 Å². The van der Waals surface area contributed by atoms with Crippen LogP contribution in [-0.4, -0.2) is 22.2 Å². The molecule has 0 aromatic carbocycles. The van der Waals surface area contributed by atoms with Crippen LogP contribution in [0.5, 0.6) is 0 Å². The zero-order valence-corrected chi connectivity index (χ0v) is 12.6. The smallest absolute Gasteiger partial charge is 0.220 e. The number of nitrogens with zero attached hydrogens (tertiary/aromatic N) is 2. The average molecular weight is 278 g/mol. The van der Waals surface area contributed by atoms with E-state index < -0.39 is 0 Å². The Morgan fingerprint density at radius 1 is 1.45 bits per heavy atom. The van der Waals surface area contributed by atoms with Gasteiger partial charge in [0.15, 0.2) is 0 Å². The SMILES string of the molecule is Cc1c(CNC(=O)CC2(CN)CCCCC2)cnn1C. The molecule has 5 nitrogen and oxygen atoms in total. The first kappa shape index (κ1) is 15.0. The minimum atomic E-state index is 0.0340. The number of aromatic nitrogens is 2. The highest BCUT2D eigenvalue weighted by Gasteiger charge is 2.32. The van der Waals surface area contributed by atoms with Gasteiger partial charge >= 0.3 is 0 Å². The van der Waals surface area contributed by atoms with Gasteiger partial charge < -0.3 is 11.1 Å². The van der Waals surface area contributed by atoms with Crippen LogP contribution >= 0.6 is 0 Å². The first-order valence-electron chi connectivity index (χ1n) is 7.50. The van der Waals surface area contributed by atoms with E-state index in [9.17, 15) is 4.79 Å². The molecule has 0 saturated heterocycles. The molecule has 1 amide bonds. The first-order valence-corrected chi connectivity index (χ1v) is 7.50. The molecule has 1 fully saturated rings. The summed E-state index contributed by atoms with van der Waals surface area (Å²) in [6.07, 6.45) is 8.22. The highest BCUT2D eigenvalue weighted by atomic mass is 16.1. The Bertz CT molecular complexity index is 460. The molecule has 2 rings (SSSR count). The molecular weight excluding hydrogens is 252 g/mol. The van der Waals surface area contributed by atoms with Crippen LogP contribution in [0, 0.1) is 12.3 Å². The summed E-state index contributed by atoms with van der Waals surface area (Å²) in [5.41, 5.74) is 8.13. The second-order valence-electron chi connectivity index (χ2n) is 6.10. The van der Waals surface area contributed by atoms with Gasteiger partial charge in [-0.3, -0.25) is 9.48 Å². The van der Waals surface area contributed by atoms with Crippen LogP contribution in [0.3, 0.4) is 0 Å². The molecule has 1 heterocycles. The quantitative estimate of drug-likeness (QED) is 0.860. The first-order chi connectivity index (χ1) is 9.56. The molecule has 1 aliphatic rings. The fourth-order valence-corrected chi connectivity index (χ4v) is 3.07. The normalized spacial score (nSPS) is 17.9. The van der Waals surface area contributed by atoms with Crippen molar-refractivity contribution in [3.63, 3.8) is 0 Å². The number of rotatable bonds is 5. The van der Waals surface area contributed by atoms with E-state index in [4.69, 9.17) is 5.73 Å². The van der Waals surface area contributed by atoms with Crippen molar-refractivity contribution in [2.45, 2.75) is 52.0 Å². The Kier molecular flexibility index (Phi) is 4.81. The van der Waals surface area contributed by atoms with E-state index in [0.29, 0.717) is 19.5 Å². The fourth-order valence-electron chi connectivity index (χ4n) is 3.07. The lowest BCUT2D eigenvalue weighted by molar-refractivity contribution is -0.124. The number of nitrogens with one attached hydrogen (secondary N) is 1. The minimum absolute atomic E-state index is 0.0340. The topological polar surface area (TPSA) is 72.9 Å². The number of amides is 1. The van der Waals surface area contributed by atoms with Gasteiger partial charge in [-0.2, -0.15) is 5.10 Å². The Labute approximate surface area is 120 Å². The van der Waals surface area contributed by atoms with Crippen LogP contribution < -0.4 is 11.1 Å². The third-order valence-corrected chi connectivity index (χ3v) is 4.70. The van der Waals surface area contributed by atoms with Gasteiger partial charge in [0.2, 0.25) is 5.91 Å². The van der Waals surface area contributed by atoms with Crippen LogP contribution in [0.4, 0.5) is 0 Å². The van der Waals surface area contributed by atoms with Crippen molar-refractivity contribution in [3.05, 3.63) is 17.5 Å². The molecule has 0 bridgehead atoms. The maximum Gasteiger partial charge on any atom is 0.220 e. The molecule has 1 aromatic rings. The van der Waals surface area contributed by atoms with Gasteiger partial charge in [0.1, 0.15) is 0 Å². The van der Waals surface area contributed by atoms with E-state index >= 15 is 0 Å². The van der Waals surface area contributed by atoms with Crippen LogP contribution in [0.15, 0.2) is 6.20 Å². The lowest BCUT2D eigenvalue weighted by atomic mass is 9.71. The molecule has 0 aliphatic heterocycles. The highest BCUT2D eigenvalue weighted by molar-refractivity contribution is 5.76. The predicted octanol–water partition coefficient (Wildman–Crippen LogP) is 1.64. The van der Waals surface area contributed by atoms with Gasteiger partial charge in [-0.1, -0.05) is 19.3 Å². The zero-order chi connectivity index (χ0) is 14.6. The van der Waals surface area contributed by atoms with Crippen molar-refractivity contribution in [3.8, 4) is 0 Å². The van der Waals surface area contributed by atoms with Crippen molar-refractivity contribution in [2.75, 3.05) is 6.54 Å². The molecule has 0 spiro atoms. The van der Waals surface area contributed by atoms with Gasteiger partial charge in [0.25, 0.3) is 0 Å². The van der Waals surface area contributed by atoms with Crippen molar-refractivity contribution in [1.29, 1.82) is 0 Å². The molecule has 0 unspecified atom stereocenters. The summed E-state index contributed by atoms with van der Waals surface area (Å²) in [6.45, 7) is 3.18. The number of hydrogen-bond donors (Lipinski definition) is 2. The molecule has 1 aromatic heterocycles. The second-order valence-corrected chi connectivity index (χ2v) is 6.10. The molecular formula is C15H26N4O. The van der Waals surface area contributed by atoms with Gasteiger partial charge in [-0.15, -0.1) is 0 Å². The lowest BCUT2D eigenvalue weighted by Crippen LogP contribution is -2.38.